The number of aromatic nitrogens is 1. The smallest absolute Gasteiger partial charge is 0.120 e. The summed E-state index contributed by atoms with van der Waals surface area (Å²) < 4.78 is 9.44. The number of piperidine rings is 1. The third-order valence-corrected chi connectivity index (χ3v) is 7.03. The summed E-state index contributed by atoms with van der Waals surface area (Å²) in [7, 11) is 0. The molecule has 2 heterocycles. The highest BCUT2D eigenvalue weighted by Crippen LogP contribution is 2.37. The number of benzene rings is 2. The van der Waals surface area contributed by atoms with E-state index in [0.717, 1.165) is 53.4 Å². The normalized spacial score (nSPS) is 16.1. The van der Waals surface area contributed by atoms with Gasteiger partial charge < -0.3 is 19.8 Å². The van der Waals surface area contributed by atoms with Crippen LogP contribution in [0, 0.1) is 5.41 Å². The average molecular weight is 450 g/mol. The van der Waals surface area contributed by atoms with Crippen molar-refractivity contribution in [2.75, 3.05) is 24.4 Å². The second-order valence-corrected chi connectivity index (χ2v) is 9.51. The quantitative estimate of drug-likeness (QED) is 0.349. The third kappa shape index (κ3) is 4.97. The molecular formula is C22H25Cl2N3OS. The number of halogens is 2. The van der Waals surface area contributed by atoms with Gasteiger partial charge in [0.1, 0.15) is 5.75 Å². The molecule has 1 aromatic heterocycles. The molecule has 4 nitrogen and oxygen atoms in total. The lowest BCUT2D eigenvalue weighted by atomic mass is 9.78. The first-order valence-corrected chi connectivity index (χ1v) is 11.4. The summed E-state index contributed by atoms with van der Waals surface area (Å²) >= 11 is 14.0. The van der Waals surface area contributed by atoms with Crippen LogP contribution < -0.4 is 14.8 Å². The highest BCUT2D eigenvalue weighted by Gasteiger charge is 2.26. The Morgan fingerprint density at radius 2 is 1.97 bits per heavy atom. The molecule has 2 aromatic carbocycles. The van der Waals surface area contributed by atoms with Crippen LogP contribution in [0.4, 0.5) is 5.69 Å². The van der Waals surface area contributed by atoms with E-state index in [1.54, 1.807) is 6.20 Å². The number of H-pyrrole nitrogens is 1. The molecule has 4 rings (SSSR count). The molecule has 0 unspecified atom stereocenters. The highest BCUT2D eigenvalue weighted by atomic mass is 35.5. The van der Waals surface area contributed by atoms with E-state index in [0.29, 0.717) is 15.5 Å². The van der Waals surface area contributed by atoms with Gasteiger partial charge in [-0.15, -0.1) is 0 Å². The first kappa shape index (κ1) is 20.7. The Kier molecular flexibility index (Phi) is 6.50. The van der Waals surface area contributed by atoms with Crippen LogP contribution in [0.3, 0.4) is 0 Å². The van der Waals surface area contributed by atoms with Crippen molar-refractivity contribution in [1.29, 1.82) is 0 Å². The molecule has 0 amide bonds. The van der Waals surface area contributed by atoms with Gasteiger partial charge in [0, 0.05) is 16.5 Å². The molecule has 3 aromatic rings. The van der Waals surface area contributed by atoms with Gasteiger partial charge >= 0.3 is 0 Å². The van der Waals surface area contributed by atoms with E-state index in [1.807, 2.05) is 24.3 Å². The fraction of sp³-hybridized carbons (Fsp3) is 0.364. The first-order chi connectivity index (χ1) is 14.0. The van der Waals surface area contributed by atoms with E-state index in [9.17, 15) is 0 Å². The Bertz CT molecular complexity index is 985. The zero-order valence-corrected chi connectivity index (χ0v) is 18.7. The van der Waals surface area contributed by atoms with Crippen LogP contribution in [-0.2, 0) is 0 Å². The maximum atomic E-state index is 6.27. The van der Waals surface area contributed by atoms with E-state index in [2.05, 4.69) is 34.1 Å². The van der Waals surface area contributed by atoms with E-state index in [1.165, 1.54) is 24.8 Å². The summed E-state index contributed by atoms with van der Waals surface area (Å²) in [6.07, 6.45) is 5.27. The Morgan fingerprint density at radius 3 is 2.79 bits per heavy atom. The lowest BCUT2D eigenvalue weighted by Gasteiger charge is -2.33. The Labute approximate surface area is 185 Å². The van der Waals surface area contributed by atoms with Gasteiger partial charge in [-0.2, -0.15) is 0 Å². The molecule has 7 heteroatoms. The predicted octanol–water partition coefficient (Wildman–Crippen LogP) is 6.75. The van der Waals surface area contributed by atoms with Crippen molar-refractivity contribution in [3.05, 3.63) is 52.6 Å². The number of fused-ring (bicyclic) bond motifs is 1. The number of rotatable bonds is 7. The highest BCUT2D eigenvalue weighted by molar-refractivity contribution is 8.00. The van der Waals surface area contributed by atoms with Crippen LogP contribution in [0.2, 0.25) is 10.0 Å². The van der Waals surface area contributed by atoms with E-state index in [-0.39, 0.29) is 0 Å². The first-order valence-electron chi connectivity index (χ1n) is 9.86. The molecule has 29 heavy (non-hydrogen) atoms. The van der Waals surface area contributed by atoms with Crippen molar-refractivity contribution in [1.82, 2.24) is 10.3 Å². The summed E-state index contributed by atoms with van der Waals surface area (Å²) in [6, 6.07) is 12.0. The van der Waals surface area contributed by atoms with Crippen LogP contribution in [-0.4, -0.2) is 24.7 Å². The van der Waals surface area contributed by atoms with Crippen LogP contribution in [0.15, 0.2) is 47.5 Å². The molecule has 154 valence electrons. The zero-order chi connectivity index (χ0) is 20.3. The summed E-state index contributed by atoms with van der Waals surface area (Å²) in [5.41, 5.74) is 2.22. The summed E-state index contributed by atoms with van der Waals surface area (Å²) in [5, 5.41) is 5.53. The van der Waals surface area contributed by atoms with E-state index < -0.39 is 0 Å². The van der Waals surface area contributed by atoms with Gasteiger partial charge in [0.15, 0.2) is 0 Å². The van der Waals surface area contributed by atoms with Gasteiger partial charge in [-0.05, 0) is 80.0 Å². The van der Waals surface area contributed by atoms with Crippen molar-refractivity contribution in [3.63, 3.8) is 0 Å². The van der Waals surface area contributed by atoms with E-state index >= 15 is 0 Å². The number of nitrogens with one attached hydrogen (secondary N) is 3. The summed E-state index contributed by atoms with van der Waals surface area (Å²) in [5.74, 6) is 0.901. The maximum absolute atomic E-state index is 6.27. The Hall–Kier alpha value is -1.53. The lowest BCUT2D eigenvalue weighted by molar-refractivity contribution is 0.166. The van der Waals surface area contributed by atoms with Gasteiger partial charge in [0.2, 0.25) is 0 Å². The topological polar surface area (TPSA) is 49.1 Å². The van der Waals surface area contributed by atoms with Crippen LogP contribution in [0.5, 0.6) is 5.75 Å². The van der Waals surface area contributed by atoms with Crippen molar-refractivity contribution in [3.8, 4) is 5.75 Å². The number of aromatic amines is 1. The SMILES string of the molecule is CC1(CCOc2cccc(SNc3ccc(Cl)c4c(Cl)c[nH]c34)c2)CCNCC1. The number of anilines is 1. The third-order valence-electron chi connectivity index (χ3n) is 5.61. The van der Waals surface area contributed by atoms with Gasteiger partial charge in [-0.3, -0.25) is 0 Å². The second-order valence-electron chi connectivity index (χ2n) is 7.82. The maximum Gasteiger partial charge on any atom is 0.120 e. The molecule has 0 bridgehead atoms. The number of hydrogen-bond donors (Lipinski definition) is 3. The number of hydrogen-bond acceptors (Lipinski definition) is 4. The van der Waals surface area contributed by atoms with Gasteiger partial charge in [0.05, 0.1) is 27.9 Å². The molecule has 0 radical (unpaired) electrons. The van der Waals surface area contributed by atoms with Crippen molar-refractivity contribution in [2.45, 2.75) is 31.1 Å². The molecule has 1 aliphatic rings. The Balaban J connectivity index is 1.36. The van der Waals surface area contributed by atoms with Crippen LogP contribution in [0.1, 0.15) is 26.2 Å². The van der Waals surface area contributed by atoms with E-state index in [4.69, 9.17) is 27.9 Å². The van der Waals surface area contributed by atoms with Crippen LogP contribution >= 0.6 is 35.1 Å². The predicted molar refractivity (Wildman–Crippen MR) is 125 cm³/mol. The molecule has 0 saturated carbocycles. The van der Waals surface area contributed by atoms with Gasteiger partial charge in [-0.25, -0.2) is 0 Å². The fourth-order valence-electron chi connectivity index (χ4n) is 3.69. The van der Waals surface area contributed by atoms with Gasteiger partial charge in [0.25, 0.3) is 0 Å². The molecule has 1 aliphatic heterocycles. The minimum absolute atomic E-state index is 0.385. The Morgan fingerprint density at radius 1 is 1.14 bits per heavy atom. The average Bonchev–Trinajstić information content (AvgIpc) is 3.11. The molecule has 0 spiro atoms. The van der Waals surface area contributed by atoms with Crippen molar-refractivity contribution >= 4 is 51.7 Å². The lowest BCUT2D eigenvalue weighted by Crippen LogP contribution is -2.35. The molecule has 0 aliphatic carbocycles. The molecule has 3 N–H and O–H groups in total. The minimum Gasteiger partial charge on any atom is -0.494 e. The monoisotopic (exact) mass is 449 g/mol. The minimum atomic E-state index is 0.385. The molecular weight excluding hydrogens is 425 g/mol. The van der Waals surface area contributed by atoms with Gasteiger partial charge in [-0.1, -0.05) is 36.2 Å². The molecule has 1 saturated heterocycles. The van der Waals surface area contributed by atoms with Crippen molar-refractivity contribution < 1.29 is 4.74 Å². The summed E-state index contributed by atoms with van der Waals surface area (Å²) in [4.78, 5) is 4.27. The van der Waals surface area contributed by atoms with Crippen molar-refractivity contribution in [2.24, 2.45) is 5.41 Å². The molecule has 1 fully saturated rings. The fourth-order valence-corrected chi connectivity index (χ4v) is 4.97. The standard InChI is InChI=1S/C22H25Cl2N3OS/c1-22(7-10-25-11-8-22)9-12-28-15-3-2-4-16(13-15)29-27-19-6-5-17(23)20-18(24)14-26-21(19)20/h2-6,13-14,25-27H,7-12H2,1H3. The molecule has 0 atom stereocenters. The largest absolute Gasteiger partial charge is 0.494 e. The number of ether oxygens (including phenoxy) is 1. The second kappa shape index (κ2) is 9.09. The zero-order valence-electron chi connectivity index (χ0n) is 16.4. The van der Waals surface area contributed by atoms with Crippen LogP contribution in [0.25, 0.3) is 10.9 Å². The summed E-state index contributed by atoms with van der Waals surface area (Å²) in [6.45, 7) is 5.33.